The van der Waals surface area contributed by atoms with E-state index in [1.54, 1.807) is 0 Å². The van der Waals surface area contributed by atoms with Crippen molar-refractivity contribution < 1.29 is 28.8 Å². The van der Waals surface area contributed by atoms with E-state index in [4.69, 9.17) is 21.1 Å². The molecule has 3 rings (SSSR count). The van der Waals surface area contributed by atoms with E-state index in [-0.39, 0.29) is 28.1 Å². The summed E-state index contributed by atoms with van der Waals surface area (Å²) in [5.41, 5.74) is 0.529. The maximum absolute atomic E-state index is 12.2. The van der Waals surface area contributed by atoms with Gasteiger partial charge in [0.15, 0.2) is 12.4 Å². The Morgan fingerprint density at radius 3 is 1.87 bits per heavy atom. The highest BCUT2D eigenvalue weighted by Crippen LogP contribution is 2.17. The van der Waals surface area contributed by atoms with Crippen molar-refractivity contribution in [1.29, 1.82) is 0 Å². The number of nitro benzene ring substituents is 1. The van der Waals surface area contributed by atoms with Gasteiger partial charge < -0.3 is 9.47 Å². The van der Waals surface area contributed by atoms with Gasteiger partial charge in [-0.3, -0.25) is 14.9 Å². The van der Waals surface area contributed by atoms with Crippen molar-refractivity contribution in [2.75, 3.05) is 6.61 Å². The molecule has 3 aromatic rings. The zero-order valence-corrected chi connectivity index (χ0v) is 16.6. The SMILES string of the molecule is O=C(COC(=O)c1ccc(Cl)cc1)c1ccc(OC(=O)c2ccc([N+](=O)[O-])cc2)cc1. The summed E-state index contributed by atoms with van der Waals surface area (Å²) < 4.78 is 10.2. The minimum atomic E-state index is -0.703. The number of ketones is 1. The van der Waals surface area contributed by atoms with Gasteiger partial charge in [0.05, 0.1) is 16.1 Å². The molecule has 0 aliphatic carbocycles. The molecule has 0 aliphatic rings. The Morgan fingerprint density at radius 2 is 1.29 bits per heavy atom. The number of rotatable bonds is 7. The van der Waals surface area contributed by atoms with Crippen LogP contribution in [-0.4, -0.2) is 29.3 Å². The molecule has 0 aromatic heterocycles. The Labute approximate surface area is 181 Å². The molecule has 0 bridgehead atoms. The van der Waals surface area contributed by atoms with Crippen molar-refractivity contribution in [3.63, 3.8) is 0 Å². The average molecular weight is 440 g/mol. The first-order valence-electron chi connectivity index (χ1n) is 8.86. The molecule has 0 unspecified atom stereocenters. The molecule has 0 saturated heterocycles. The number of non-ortho nitro benzene ring substituents is 1. The van der Waals surface area contributed by atoms with Crippen LogP contribution < -0.4 is 4.74 Å². The topological polar surface area (TPSA) is 113 Å². The number of esters is 2. The molecule has 0 N–H and O–H groups in total. The average Bonchev–Trinajstić information content (AvgIpc) is 2.78. The standard InChI is InChI=1S/C22H14ClNO7/c23-17-7-1-15(2-8-17)21(26)30-13-20(25)14-5-11-19(12-6-14)31-22(27)16-3-9-18(10-4-16)24(28)29/h1-12H,13H2. The lowest BCUT2D eigenvalue weighted by Gasteiger charge is -2.07. The van der Waals surface area contributed by atoms with Gasteiger partial charge in [0, 0.05) is 22.7 Å². The minimum absolute atomic E-state index is 0.139. The van der Waals surface area contributed by atoms with Crippen molar-refractivity contribution in [3.8, 4) is 5.75 Å². The molecule has 8 nitrogen and oxygen atoms in total. The van der Waals surface area contributed by atoms with E-state index in [0.717, 1.165) is 0 Å². The molecule has 31 heavy (non-hydrogen) atoms. The molecular formula is C22H14ClNO7. The summed E-state index contributed by atoms with van der Waals surface area (Å²) in [6.07, 6.45) is 0. The molecule has 0 fully saturated rings. The highest BCUT2D eigenvalue weighted by molar-refractivity contribution is 6.30. The Bertz CT molecular complexity index is 1120. The van der Waals surface area contributed by atoms with Gasteiger partial charge >= 0.3 is 11.9 Å². The summed E-state index contributed by atoms with van der Waals surface area (Å²) >= 11 is 5.76. The summed E-state index contributed by atoms with van der Waals surface area (Å²) in [4.78, 5) is 46.4. The van der Waals surface area contributed by atoms with E-state index >= 15 is 0 Å². The normalized spacial score (nSPS) is 10.2. The number of nitro groups is 1. The van der Waals surface area contributed by atoms with Crippen LogP contribution in [0.15, 0.2) is 72.8 Å². The van der Waals surface area contributed by atoms with Crippen molar-refractivity contribution in [2.45, 2.75) is 0 Å². The van der Waals surface area contributed by atoms with Gasteiger partial charge in [0.1, 0.15) is 5.75 Å². The quantitative estimate of drug-likeness (QED) is 0.175. The van der Waals surface area contributed by atoms with Crippen LogP contribution in [0.5, 0.6) is 5.75 Å². The third-order valence-corrected chi connectivity index (χ3v) is 4.37. The van der Waals surface area contributed by atoms with Crippen molar-refractivity contribution >= 4 is 35.0 Å². The Morgan fingerprint density at radius 1 is 0.774 bits per heavy atom. The van der Waals surface area contributed by atoms with Crippen LogP contribution in [0.25, 0.3) is 0 Å². The van der Waals surface area contributed by atoms with Crippen molar-refractivity contribution in [1.82, 2.24) is 0 Å². The molecule has 0 aliphatic heterocycles. The highest BCUT2D eigenvalue weighted by atomic mass is 35.5. The monoisotopic (exact) mass is 439 g/mol. The van der Waals surface area contributed by atoms with E-state index in [2.05, 4.69) is 0 Å². The van der Waals surface area contributed by atoms with Crippen LogP contribution in [0.4, 0.5) is 5.69 Å². The van der Waals surface area contributed by atoms with E-state index in [1.807, 2.05) is 0 Å². The van der Waals surface area contributed by atoms with Crippen molar-refractivity contribution in [2.24, 2.45) is 0 Å². The molecule has 0 atom stereocenters. The number of hydrogen-bond acceptors (Lipinski definition) is 7. The molecule has 0 saturated carbocycles. The zero-order valence-electron chi connectivity index (χ0n) is 15.8. The molecule has 0 spiro atoms. The first-order chi connectivity index (χ1) is 14.8. The van der Waals surface area contributed by atoms with Crippen LogP contribution in [-0.2, 0) is 4.74 Å². The van der Waals surface area contributed by atoms with Gasteiger partial charge in [-0.15, -0.1) is 0 Å². The molecular weight excluding hydrogens is 426 g/mol. The predicted octanol–water partition coefficient (Wildman–Crippen LogP) is 4.51. The number of Topliss-reactive ketones (excluding diaryl/α,β-unsaturated/α-hetero) is 1. The zero-order chi connectivity index (χ0) is 22.4. The number of nitrogens with zero attached hydrogens (tertiary/aromatic N) is 1. The van der Waals surface area contributed by atoms with E-state index in [1.165, 1.54) is 72.8 Å². The number of benzene rings is 3. The second-order valence-corrected chi connectivity index (χ2v) is 6.66. The summed E-state index contributed by atoms with van der Waals surface area (Å²) in [6.45, 7) is -0.455. The number of halogens is 1. The third kappa shape index (κ3) is 5.74. The molecule has 0 amide bonds. The highest BCUT2D eigenvalue weighted by Gasteiger charge is 2.14. The fourth-order valence-electron chi connectivity index (χ4n) is 2.48. The molecule has 0 heterocycles. The summed E-state index contributed by atoms with van der Waals surface area (Å²) in [5, 5.41) is 11.1. The van der Waals surface area contributed by atoms with Crippen molar-refractivity contribution in [3.05, 3.63) is 105 Å². The summed E-state index contributed by atoms with van der Waals surface area (Å²) in [7, 11) is 0. The molecule has 9 heteroatoms. The summed E-state index contributed by atoms with van der Waals surface area (Å²) in [6, 6.07) is 16.7. The lowest BCUT2D eigenvalue weighted by Crippen LogP contribution is -2.14. The fraction of sp³-hybridized carbons (Fsp3) is 0.0455. The minimum Gasteiger partial charge on any atom is -0.454 e. The Balaban J connectivity index is 1.55. The Hall–Kier alpha value is -4.04. The van der Waals surface area contributed by atoms with Crippen LogP contribution >= 0.6 is 11.6 Å². The molecule has 3 aromatic carbocycles. The van der Waals surface area contributed by atoms with Gasteiger partial charge in [-0.1, -0.05) is 11.6 Å². The van der Waals surface area contributed by atoms with Gasteiger partial charge in [-0.25, -0.2) is 9.59 Å². The second-order valence-electron chi connectivity index (χ2n) is 6.22. The summed E-state index contributed by atoms with van der Waals surface area (Å²) in [5.74, 6) is -1.61. The maximum Gasteiger partial charge on any atom is 0.343 e. The van der Waals surface area contributed by atoms with E-state index in [0.29, 0.717) is 5.02 Å². The number of carbonyl (C=O) groups is 3. The van der Waals surface area contributed by atoms with Crippen LogP contribution in [0.1, 0.15) is 31.1 Å². The van der Waals surface area contributed by atoms with E-state index < -0.39 is 29.3 Å². The number of carbonyl (C=O) groups excluding carboxylic acids is 3. The maximum atomic E-state index is 12.2. The molecule has 0 radical (unpaired) electrons. The lowest BCUT2D eigenvalue weighted by molar-refractivity contribution is -0.384. The first kappa shape index (κ1) is 21.7. The first-order valence-corrected chi connectivity index (χ1v) is 9.24. The predicted molar refractivity (Wildman–Crippen MR) is 111 cm³/mol. The lowest BCUT2D eigenvalue weighted by atomic mass is 10.1. The van der Waals surface area contributed by atoms with E-state index in [9.17, 15) is 24.5 Å². The largest absolute Gasteiger partial charge is 0.454 e. The van der Waals surface area contributed by atoms with Gasteiger partial charge in [-0.05, 0) is 60.7 Å². The fourth-order valence-corrected chi connectivity index (χ4v) is 2.60. The smallest absolute Gasteiger partial charge is 0.343 e. The van der Waals surface area contributed by atoms with Crippen LogP contribution in [0.3, 0.4) is 0 Å². The third-order valence-electron chi connectivity index (χ3n) is 4.11. The van der Waals surface area contributed by atoms with Gasteiger partial charge in [-0.2, -0.15) is 0 Å². The Kier molecular flexibility index (Phi) is 6.74. The number of ether oxygens (including phenoxy) is 2. The van der Waals surface area contributed by atoms with Crippen LogP contribution in [0.2, 0.25) is 5.02 Å². The molecule has 156 valence electrons. The second kappa shape index (κ2) is 9.64. The van der Waals surface area contributed by atoms with Gasteiger partial charge in [0.2, 0.25) is 0 Å². The number of hydrogen-bond donors (Lipinski definition) is 0. The van der Waals surface area contributed by atoms with Gasteiger partial charge in [0.25, 0.3) is 5.69 Å². The van der Waals surface area contributed by atoms with Crippen LogP contribution in [0, 0.1) is 10.1 Å².